The van der Waals surface area contributed by atoms with Gasteiger partial charge in [0.05, 0.1) is 10.8 Å². The van der Waals surface area contributed by atoms with E-state index in [1.165, 1.54) is 16.4 Å². The lowest BCUT2D eigenvalue weighted by Gasteiger charge is -2.31. The summed E-state index contributed by atoms with van der Waals surface area (Å²) in [5.41, 5.74) is 5.39. The predicted octanol–water partition coefficient (Wildman–Crippen LogP) is 0.355. The number of sulfonamides is 1. The molecule has 3 N–H and O–H groups in total. The summed E-state index contributed by atoms with van der Waals surface area (Å²) < 4.78 is 38.1. The zero-order chi connectivity index (χ0) is 17.9. The summed E-state index contributed by atoms with van der Waals surface area (Å²) >= 11 is 0. The Bertz CT molecular complexity index is 743. The average molecular weight is 406 g/mol. The van der Waals surface area contributed by atoms with Crippen LogP contribution in [0.5, 0.6) is 11.5 Å². The number of nitrogens with one attached hydrogen (secondary N) is 1. The first-order valence-electron chi connectivity index (χ1n) is 8.40. The van der Waals surface area contributed by atoms with Gasteiger partial charge in [0.2, 0.25) is 15.9 Å². The van der Waals surface area contributed by atoms with Crippen LogP contribution in [0.4, 0.5) is 0 Å². The molecule has 1 saturated heterocycles. The number of hydrogen-bond acceptors (Lipinski definition) is 6. The molecular weight excluding hydrogens is 382 g/mol. The molecule has 146 valence electrons. The van der Waals surface area contributed by atoms with E-state index in [1.807, 2.05) is 0 Å². The molecule has 1 aromatic carbocycles. The summed E-state index contributed by atoms with van der Waals surface area (Å²) in [7, 11) is -3.69. The second-order valence-corrected chi connectivity index (χ2v) is 8.03. The second kappa shape index (κ2) is 8.90. The Morgan fingerprint density at radius 2 is 2.00 bits per heavy atom. The molecule has 0 bridgehead atoms. The van der Waals surface area contributed by atoms with Gasteiger partial charge < -0.3 is 20.5 Å². The first kappa shape index (κ1) is 20.8. The van der Waals surface area contributed by atoms with Crippen LogP contribution in [0.2, 0.25) is 0 Å². The molecule has 8 nitrogen and oxygen atoms in total. The molecule has 0 radical (unpaired) electrons. The molecule has 10 heteroatoms. The Balaban J connectivity index is 0.00000243. The molecule has 2 aliphatic rings. The fourth-order valence-corrected chi connectivity index (χ4v) is 4.59. The quantitative estimate of drug-likeness (QED) is 0.731. The normalized spacial score (nSPS) is 20.1. The van der Waals surface area contributed by atoms with Crippen LogP contribution in [0.15, 0.2) is 23.1 Å². The Morgan fingerprint density at radius 3 is 2.73 bits per heavy atom. The van der Waals surface area contributed by atoms with Gasteiger partial charge in [-0.05, 0) is 25.0 Å². The highest BCUT2D eigenvalue weighted by molar-refractivity contribution is 7.89. The molecule has 2 heterocycles. The van der Waals surface area contributed by atoms with E-state index in [4.69, 9.17) is 15.2 Å². The highest BCUT2D eigenvalue weighted by atomic mass is 35.5. The van der Waals surface area contributed by atoms with Crippen LogP contribution >= 0.6 is 12.4 Å². The van der Waals surface area contributed by atoms with Gasteiger partial charge in [-0.25, -0.2) is 8.42 Å². The smallest absolute Gasteiger partial charge is 0.243 e. The summed E-state index contributed by atoms with van der Waals surface area (Å²) in [6.45, 7) is 2.17. The highest BCUT2D eigenvalue weighted by Crippen LogP contribution is 2.34. The number of carbonyl (C=O) groups excluding carboxylic acids is 1. The summed E-state index contributed by atoms with van der Waals surface area (Å²) in [4.78, 5) is 12.3. The third kappa shape index (κ3) is 4.40. The van der Waals surface area contributed by atoms with Gasteiger partial charge in [-0.15, -0.1) is 12.4 Å². The topological polar surface area (TPSA) is 111 Å². The molecule has 1 amide bonds. The van der Waals surface area contributed by atoms with Crippen molar-refractivity contribution in [3.63, 3.8) is 0 Å². The lowest BCUT2D eigenvalue weighted by Crippen LogP contribution is -2.46. The number of hydrogen-bond donors (Lipinski definition) is 2. The molecule has 1 aromatic rings. The third-order valence-corrected chi connectivity index (χ3v) is 6.21. The van der Waals surface area contributed by atoms with Crippen LogP contribution < -0.4 is 20.5 Å². The van der Waals surface area contributed by atoms with Gasteiger partial charge >= 0.3 is 0 Å². The van der Waals surface area contributed by atoms with Crippen molar-refractivity contribution in [3.05, 3.63) is 18.2 Å². The molecule has 2 aliphatic heterocycles. The number of halogens is 1. The Hall–Kier alpha value is -1.55. The Morgan fingerprint density at radius 1 is 1.27 bits per heavy atom. The molecule has 26 heavy (non-hydrogen) atoms. The maximum Gasteiger partial charge on any atom is 0.243 e. The van der Waals surface area contributed by atoms with E-state index in [2.05, 4.69) is 5.32 Å². The van der Waals surface area contributed by atoms with Crippen LogP contribution in [0.25, 0.3) is 0 Å². The van der Waals surface area contributed by atoms with Gasteiger partial charge in [-0.2, -0.15) is 4.31 Å². The molecule has 1 fully saturated rings. The van der Waals surface area contributed by atoms with Gasteiger partial charge in [0.25, 0.3) is 0 Å². The highest BCUT2D eigenvalue weighted by Gasteiger charge is 2.33. The van der Waals surface area contributed by atoms with Crippen LogP contribution in [-0.2, 0) is 14.8 Å². The number of rotatable bonds is 5. The maximum atomic E-state index is 12.9. The molecular formula is C16H24ClN3O5S. The maximum absolute atomic E-state index is 12.9. The summed E-state index contributed by atoms with van der Waals surface area (Å²) in [5, 5.41) is 2.73. The Labute approximate surface area is 159 Å². The Kier molecular flexibility index (Phi) is 7.10. The van der Waals surface area contributed by atoms with Gasteiger partial charge in [0, 0.05) is 32.2 Å². The van der Waals surface area contributed by atoms with Gasteiger partial charge in [0.15, 0.2) is 11.5 Å². The van der Waals surface area contributed by atoms with Crippen molar-refractivity contribution in [2.75, 3.05) is 39.4 Å². The summed E-state index contributed by atoms with van der Waals surface area (Å²) in [6.07, 6.45) is 1.31. The molecule has 1 atom stereocenters. The van der Waals surface area contributed by atoms with Gasteiger partial charge in [-0.1, -0.05) is 0 Å². The van der Waals surface area contributed by atoms with E-state index in [0.717, 1.165) is 0 Å². The molecule has 0 aromatic heterocycles. The fraction of sp³-hybridized carbons (Fsp3) is 0.562. The second-order valence-electron chi connectivity index (χ2n) is 6.09. The number of nitrogens with two attached hydrogens (primary N) is 1. The summed E-state index contributed by atoms with van der Waals surface area (Å²) in [5.74, 6) is 0.476. The van der Waals surface area contributed by atoms with Crippen molar-refractivity contribution in [2.45, 2.75) is 17.7 Å². The molecule has 1 unspecified atom stereocenters. The molecule has 0 saturated carbocycles. The largest absolute Gasteiger partial charge is 0.486 e. The van der Waals surface area contributed by atoms with E-state index < -0.39 is 10.0 Å². The van der Waals surface area contributed by atoms with Crippen molar-refractivity contribution >= 4 is 28.3 Å². The van der Waals surface area contributed by atoms with Crippen molar-refractivity contribution < 1.29 is 22.7 Å². The summed E-state index contributed by atoms with van der Waals surface area (Å²) in [6, 6.07) is 4.61. The van der Waals surface area contributed by atoms with Crippen molar-refractivity contribution in [2.24, 2.45) is 11.7 Å². The fourth-order valence-electron chi connectivity index (χ4n) is 3.05. The van der Waals surface area contributed by atoms with E-state index in [-0.39, 0.29) is 35.7 Å². The number of ether oxygens (including phenoxy) is 2. The number of piperidine rings is 1. The van der Waals surface area contributed by atoms with Gasteiger partial charge in [0.1, 0.15) is 13.2 Å². The first-order chi connectivity index (χ1) is 12.0. The van der Waals surface area contributed by atoms with E-state index in [1.54, 1.807) is 6.07 Å². The lowest BCUT2D eigenvalue weighted by molar-refractivity contribution is -0.126. The molecule has 0 aliphatic carbocycles. The van der Waals surface area contributed by atoms with Crippen LogP contribution in [-0.4, -0.2) is 58.0 Å². The van der Waals surface area contributed by atoms with Crippen LogP contribution in [0.3, 0.4) is 0 Å². The monoisotopic (exact) mass is 405 g/mol. The molecule has 3 rings (SSSR count). The first-order valence-corrected chi connectivity index (χ1v) is 9.84. The number of fused-ring (bicyclic) bond motifs is 1. The third-order valence-electron chi connectivity index (χ3n) is 4.35. The van der Waals surface area contributed by atoms with Crippen molar-refractivity contribution in [1.29, 1.82) is 0 Å². The lowest BCUT2D eigenvalue weighted by atomic mass is 9.99. The van der Waals surface area contributed by atoms with E-state index in [9.17, 15) is 13.2 Å². The number of carbonyl (C=O) groups is 1. The van der Waals surface area contributed by atoms with Crippen molar-refractivity contribution in [1.82, 2.24) is 9.62 Å². The van der Waals surface area contributed by atoms with E-state index >= 15 is 0 Å². The van der Waals surface area contributed by atoms with Crippen LogP contribution in [0.1, 0.15) is 12.8 Å². The zero-order valence-corrected chi connectivity index (χ0v) is 16.0. The number of amides is 1. The minimum Gasteiger partial charge on any atom is -0.486 e. The molecule has 0 spiro atoms. The number of benzene rings is 1. The predicted molar refractivity (Wildman–Crippen MR) is 98.2 cm³/mol. The standard InChI is InChI=1S/C16H23N3O5S.ClH/c17-5-6-18-16(20)12-2-1-7-19(11-12)25(21,22)13-3-4-14-15(10-13)24-9-8-23-14;/h3-4,10,12H,1-2,5-9,11,17H2,(H,18,20);1H. The van der Waals surface area contributed by atoms with Gasteiger partial charge in [-0.3, -0.25) is 4.79 Å². The zero-order valence-electron chi connectivity index (χ0n) is 14.3. The number of nitrogens with zero attached hydrogens (tertiary/aromatic N) is 1. The van der Waals surface area contributed by atoms with E-state index in [0.29, 0.717) is 57.2 Å². The minimum absolute atomic E-state index is 0. The van der Waals surface area contributed by atoms with Crippen molar-refractivity contribution in [3.8, 4) is 11.5 Å². The minimum atomic E-state index is -3.69. The van der Waals surface area contributed by atoms with Crippen LogP contribution in [0, 0.1) is 5.92 Å². The SMILES string of the molecule is Cl.NCCNC(=O)C1CCCN(S(=O)(=O)c2ccc3c(c2)OCCO3)C1. The average Bonchev–Trinajstić information content (AvgIpc) is 2.65.